The fourth-order valence-corrected chi connectivity index (χ4v) is 0.340. The van der Waals surface area contributed by atoms with Crippen molar-refractivity contribution in [2.45, 2.75) is 0 Å². The molecule has 0 aromatic carbocycles. The van der Waals surface area contributed by atoms with Gasteiger partial charge in [-0.1, -0.05) is 12.2 Å². The van der Waals surface area contributed by atoms with E-state index in [1.807, 2.05) is 12.2 Å². The third-order valence-electron chi connectivity index (χ3n) is 0.595. The van der Waals surface area contributed by atoms with E-state index < -0.39 is 0 Å². The third kappa shape index (κ3) is 1.17. The summed E-state index contributed by atoms with van der Waals surface area (Å²) in [6, 6.07) is 0. The third-order valence-corrected chi connectivity index (χ3v) is 0.595. The highest BCUT2D eigenvalue weighted by Gasteiger charge is 1.83. The largest absolute Gasteiger partial charge is 0.373 e. The maximum atomic E-state index is 4.83. The summed E-state index contributed by atoms with van der Waals surface area (Å²) < 4.78 is 4.83. The lowest BCUT2D eigenvalue weighted by atomic mass is 10.6. The van der Waals surface area contributed by atoms with Gasteiger partial charge < -0.3 is 4.74 Å². The molecule has 1 rings (SSSR count). The second-order valence-electron chi connectivity index (χ2n) is 1.01. The Kier molecular flexibility index (Phi) is 2.67. The molecule has 0 aliphatic carbocycles. The van der Waals surface area contributed by atoms with Gasteiger partial charge in [0, 0.05) is 0 Å². The molecule has 1 heterocycles. The zero-order chi connectivity index (χ0) is 3.54. The van der Waals surface area contributed by atoms with Crippen molar-refractivity contribution in [1.82, 2.24) is 0 Å². The van der Waals surface area contributed by atoms with E-state index in [-0.39, 0.29) is 4.70 Å². The summed E-state index contributed by atoms with van der Waals surface area (Å²) in [7, 11) is 0. The summed E-state index contributed by atoms with van der Waals surface area (Å²) in [5, 5.41) is 0. The van der Waals surface area contributed by atoms with Gasteiger partial charge in [0.2, 0.25) is 0 Å². The molecule has 6 heavy (non-hydrogen) atoms. The number of hydrogen-bond donors (Lipinski definition) is 0. The lowest BCUT2D eigenvalue weighted by Crippen LogP contribution is -1.76. The Hall–Kier alpha value is -0.370. The predicted molar refractivity (Wildman–Crippen MR) is 22.5 cm³/mol. The van der Waals surface area contributed by atoms with Crippen LogP contribution >= 0.6 is 0 Å². The lowest BCUT2D eigenvalue weighted by molar-refractivity contribution is 0.213. The smallest absolute Gasteiger partial charge is 0.0652 e. The second kappa shape index (κ2) is 2.85. The Morgan fingerprint density at radius 2 is 1.67 bits per heavy atom. The van der Waals surface area contributed by atoms with Gasteiger partial charge in [0.25, 0.3) is 0 Å². The Balaban J connectivity index is 0.000000250. The van der Waals surface area contributed by atoms with Crippen molar-refractivity contribution in [3.8, 4) is 0 Å². The molecule has 0 fully saturated rings. The standard InChI is InChI=1S/C4H6O.FH/c1-2-4-5-3-1;/h1-2H,3-4H2;1H. The first kappa shape index (κ1) is 5.63. The van der Waals surface area contributed by atoms with E-state index in [9.17, 15) is 0 Å². The van der Waals surface area contributed by atoms with Crippen molar-refractivity contribution in [3.63, 3.8) is 0 Å². The molecule has 1 aliphatic heterocycles. The summed E-state index contributed by atoms with van der Waals surface area (Å²) in [6.45, 7) is 1.64. The minimum Gasteiger partial charge on any atom is -0.373 e. The Morgan fingerprint density at radius 1 is 1.17 bits per heavy atom. The van der Waals surface area contributed by atoms with Gasteiger partial charge in [0.15, 0.2) is 0 Å². The molecule has 2 heteroatoms. The molecule has 0 saturated carbocycles. The van der Waals surface area contributed by atoms with Crippen molar-refractivity contribution >= 4 is 0 Å². The summed E-state index contributed by atoms with van der Waals surface area (Å²) in [5.41, 5.74) is 0. The fraction of sp³-hybridized carbons (Fsp3) is 0.500. The molecule has 0 amide bonds. The number of halogens is 1. The van der Waals surface area contributed by atoms with Crippen LogP contribution in [0.15, 0.2) is 12.2 Å². The maximum absolute atomic E-state index is 4.83. The van der Waals surface area contributed by atoms with Crippen LogP contribution in [0.25, 0.3) is 0 Å². The minimum absolute atomic E-state index is 0. The molecule has 0 radical (unpaired) electrons. The summed E-state index contributed by atoms with van der Waals surface area (Å²) >= 11 is 0. The quantitative estimate of drug-likeness (QED) is 0.398. The highest BCUT2D eigenvalue weighted by Crippen LogP contribution is 1.85. The second-order valence-corrected chi connectivity index (χ2v) is 1.01. The van der Waals surface area contributed by atoms with Crippen molar-refractivity contribution in [2.75, 3.05) is 13.2 Å². The summed E-state index contributed by atoms with van der Waals surface area (Å²) in [4.78, 5) is 0. The van der Waals surface area contributed by atoms with Gasteiger partial charge in [-0.05, 0) is 0 Å². The average molecular weight is 90.1 g/mol. The number of hydrogen-bond acceptors (Lipinski definition) is 1. The lowest BCUT2D eigenvalue weighted by Gasteiger charge is -1.77. The Labute approximate surface area is 36.0 Å². The van der Waals surface area contributed by atoms with Gasteiger partial charge in [-0.25, -0.2) is 0 Å². The summed E-state index contributed by atoms with van der Waals surface area (Å²) in [5.74, 6) is 0. The molecule has 1 nitrogen and oxygen atoms in total. The van der Waals surface area contributed by atoms with Crippen molar-refractivity contribution in [3.05, 3.63) is 12.2 Å². The highest BCUT2D eigenvalue weighted by atomic mass is 19.0. The highest BCUT2D eigenvalue weighted by molar-refractivity contribution is 4.86. The molecule has 0 atom stereocenters. The molecule has 36 valence electrons. The van der Waals surface area contributed by atoms with Crippen LogP contribution in [0.1, 0.15) is 0 Å². The van der Waals surface area contributed by atoms with Crippen molar-refractivity contribution < 1.29 is 9.44 Å². The van der Waals surface area contributed by atoms with Gasteiger partial charge in [-0.2, -0.15) is 0 Å². The SMILES string of the molecule is C1=CCOC1.F. The van der Waals surface area contributed by atoms with E-state index >= 15 is 0 Å². The first-order valence-corrected chi connectivity index (χ1v) is 1.73. The zero-order valence-corrected chi connectivity index (χ0v) is 3.39. The Morgan fingerprint density at radius 3 is 1.83 bits per heavy atom. The molecular weight excluding hydrogens is 83.0 g/mol. The predicted octanol–water partition coefficient (Wildman–Crippen LogP) is 0.725. The minimum atomic E-state index is 0. The number of ether oxygens (including phenoxy) is 1. The van der Waals surface area contributed by atoms with Gasteiger partial charge in [0.05, 0.1) is 13.2 Å². The normalized spacial score (nSPS) is 17.3. The number of rotatable bonds is 0. The van der Waals surface area contributed by atoms with Crippen LogP contribution in [0.2, 0.25) is 0 Å². The van der Waals surface area contributed by atoms with Crippen LogP contribution < -0.4 is 0 Å². The summed E-state index contributed by atoms with van der Waals surface area (Å²) in [6.07, 6.45) is 4.03. The zero-order valence-electron chi connectivity index (χ0n) is 3.39. The molecule has 0 spiro atoms. The van der Waals surface area contributed by atoms with Crippen LogP contribution in [-0.4, -0.2) is 13.2 Å². The fourth-order valence-electron chi connectivity index (χ4n) is 0.340. The van der Waals surface area contributed by atoms with Gasteiger partial charge in [-0.3, -0.25) is 4.70 Å². The van der Waals surface area contributed by atoms with E-state index in [0.717, 1.165) is 13.2 Å². The average Bonchev–Trinajstić information content (AvgIpc) is 1.76. The van der Waals surface area contributed by atoms with E-state index in [2.05, 4.69) is 0 Å². The van der Waals surface area contributed by atoms with E-state index in [1.54, 1.807) is 0 Å². The van der Waals surface area contributed by atoms with Crippen LogP contribution in [0, 0.1) is 0 Å². The van der Waals surface area contributed by atoms with E-state index in [0.29, 0.717) is 0 Å². The van der Waals surface area contributed by atoms with Gasteiger partial charge in [-0.15, -0.1) is 0 Å². The van der Waals surface area contributed by atoms with Crippen LogP contribution in [0.4, 0.5) is 4.70 Å². The van der Waals surface area contributed by atoms with Crippen LogP contribution in [-0.2, 0) is 4.74 Å². The molecule has 0 bridgehead atoms. The first-order chi connectivity index (χ1) is 2.50. The van der Waals surface area contributed by atoms with Crippen molar-refractivity contribution in [2.24, 2.45) is 0 Å². The molecule has 0 N–H and O–H groups in total. The molecule has 0 aromatic heterocycles. The topological polar surface area (TPSA) is 9.23 Å². The van der Waals surface area contributed by atoms with Crippen LogP contribution in [0.5, 0.6) is 0 Å². The molecule has 1 aliphatic rings. The van der Waals surface area contributed by atoms with E-state index in [4.69, 9.17) is 4.74 Å². The molecule has 0 saturated heterocycles. The maximum Gasteiger partial charge on any atom is 0.0652 e. The van der Waals surface area contributed by atoms with Gasteiger partial charge >= 0.3 is 0 Å². The van der Waals surface area contributed by atoms with E-state index in [1.165, 1.54) is 0 Å². The molecular formula is C4H7FO. The molecule has 0 unspecified atom stereocenters. The first-order valence-electron chi connectivity index (χ1n) is 1.73. The Bertz CT molecular complexity index is 45.5. The monoisotopic (exact) mass is 90.0 g/mol. The van der Waals surface area contributed by atoms with Crippen LogP contribution in [0.3, 0.4) is 0 Å². The molecule has 0 aromatic rings. The van der Waals surface area contributed by atoms with Crippen molar-refractivity contribution in [1.29, 1.82) is 0 Å². The van der Waals surface area contributed by atoms with Gasteiger partial charge in [0.1, 0.15) is 0 Å².